The lowest BCUT2D eigenvalue weighted by Crippen LogP contribution is -2.25. The molecule has 2 aromatic rings. The topological polar surface area (TPSA) is 159 Å². The van der Waals surface area contributed by atoms with Gasteiger partial charge in [0.15, 0.2) is 6.29 Å². The number of aldehydes is 1. The van der Waals surface area contributed by atoms with Crippen LogP contribution in [0.15, 0.2) is 36.4 Å². The van der Waals surface area contributed by atoms with Gasteiger partial charge in [-0.15, -0.1) is 0 Å². The van der Waals surface area contributed by atoms with Crippen LogP contribution in [-0.4, -0.2) is 40.4 Å². The average Bonchev–Trinajstić information content (AvgIpc) is 2.81. The summed E-state index contributed by atoms with van der Waals surface area (Å²) >= 11 is 0. The number of rotatable bonds is 14. The number of nitrogens with zero attached hydrogens (tertiary/aromatic N) is 2. The third-order valence-electron chi connectivity index (χ3n) is 5.88. The quantitative estimate of drug-likeness (QED) is 0.194. The normalized spacial score (nSPS) is 11.6. The second-order valence-corrected chi connectivity index (χ2v) is 10.1. The Bertz CT molecular complexity index is 1140. The Balaban J connectivity index is 1.90. The van der Waals surface area contributed by atoms with Gasteiger partial charge in [0.05, 0.1) is 40.8 Å². The van der Waals surface area contributed by atoms with Gasteiger partial charge in [-0.3, -0.25) is 25.0 Å². The van der Waals surface area contributed by atoms with Gasteiger partial charge in [-0.05, 0) is 54.4 Å². The molecule has 11 nitrogen and oxygen atoms in total. The van der Waals surface area contributed by atoms with Crippen LogP contribution in [-0.2, 0) is 0 Å². The lowest BCUT2D eigenvalue weighted by Gasteiger charge is -2.31. The molecule has 0 amide bonds. The molecule has 0 unspecified atom stereocenters. The van der Waals surface area contributed by atoms with Crippen molar-refractivity contribution < 1.29 is 34.0 Å². The van der Waals surface area contributed by atoms with Crippen molar-refractivity contribution >= 4 is 23.6 Å². The highest BCUT2D eigenvalue weighted by Gasteiger charge is 2.26. The van der Waals surface area contributed by atoms with Crippen molar-refractivity contribution in [1.29, 1.82) is 0 Å². The van der Waals surface area contributed by atoms with Crippen LogP contribution in [0, 0.1) is 31.1 Å². The summed E-state index contributed by atoms with van der Waals surface area (Å²) in [5.74, 6) is -0.835. The zero-order chi connectivity index (χ0) is 27.1. The SMILES string of the molecule is CC(C)(CCOc1ccc(C=O)c([N+](=O)[O-])c1)CCC(C)(C)COc1ccc(C(=O)O)c([N+](=O)[O-])c1. The van der Waals surface area contributed by atoms with E-state index < -0.39 is 27.1 Å². The van der Waals surface area contributed by atoms with E-state index in [9.17, 15) is 29.8 Å². The first-order chi connectivity index (χ1) is 16.7. The lowest BCUT2D eigenvalue weighted by molar-refractivity contribution is -0.385. The van der Waals surface area contributed by atoms with Gasteiger partial charge < -0.3 is 14.6 Å². The number of ether oxygens (including phenoxy) is 2. The Morgan fingerprint density at radius 3 is 2.03 bits per heavy atom. The number of benzene rings is 2. The van der Waals surface area contributed by atoms with Crippen molar-refractivity contribution in [2.24, 2.45) is 10.8 Å². The zero-order valence-electron chi connectivity index (χ0n) is 20.7. The summed E-state index contributed by atoms with van der Waals surface area (Å²) < 4.78 is 11.4. The van der Waals surface area contributed by atoms with Gasteiger partial charge in [0.1, 0.15) is 17.1 Å². The van der Waals surface area contributed by atoms with Gasteiger partial charge in [0, 0.05) is 0 Å². The Labute approximate surface area is 208 Å². The highest BCUT2D eigenvalue weighted by atomic mass is 16.6. The van der Waals surface area contributed by atoms with Gasteiger partial charge in [-0.2, -0.15) is 0 Å². The fourth-order valence-corrected chi connectivity index (χ4v) is 3.40. The van der Waals surface area contributed by atoms with Crippen molar-refractivity contribution in [3.8, 4) is 11.5 Å². The minimum atomic E-state index is -1.38. The summed E-state index contributed by atoms with van der Waals surface area (Å²) in [6, 6.07) is 7.81. The summed E-state index contributed by atoms with van der Waals surface area (Å²) in [6.45, 7) is 8.79. The molecule has 0 atom stereocenters. The molecule has 2 rings (SSSR count). The van der Waals surface area contributed by atoms with E-state index >= 15 is 0 Å². The average molecular weight is 503 g/mol. The van der Waals surface area contributed by atoms with Crippen LogP contribution >= 0.6 is 0 Å². The molecule has 0 saturated carbocycles. The van der Waals surface area contributed by atoms with Crippen LogP contribution in [0.5, 0.6) is 11.5 Å². The number of carbonyl (C=O) groups excluding carboxylic acids is 1. The van der Waals surface area contributed by atoms with Crippen LogP contribution in [0.25, 0.3) is 0 Å². The van der Waals surface area contributed by atoms with E-state index in [1.165, 1.54) is 24.3 Å². The maximum atomic E-state index is 11.2. The van der Waals surface area contributed by atoms with E-state index in [-0.39, 0.29) is 34.4 Å². The Hall–Kier alpha value is -4.02. The van der Waals surface area contributed by atoms with Gasteiger partial charge in [0.25, 0.3) is 11.4 Å². The Morgan fingerprint density at radius 2 is 1.44 bits per heavy atom. The first-order valence-corrected chi connectivity index (χ1v) is 11.3. The lowest BCUT2D eigenvalue weighted by atomic mass is 9.78. The Kier molecular flexibility index (Phi) is 9.10. The summed E-state index contributed by atoms with van der Waals surface area (Å²) in [4.78, 5) is 43.0. The molecule has 1 N–H and O–H groups in total. The fourth-order valence-electron chi connectivity index (χ4n) is 3.40. The number of nitro benzene ring substituents is 2. The molecule has 194 valence electrons. The first-order valence-electron chi connectivity index (χ1n) is 11.3. The predicted molar refractivity (Wildman–Crippen MR) is 131 cm³/mol. The molecule has 2 aromatic carbocycles. The minimum absolute atomic E-state index is 0.00966. The van der Waals surface area contributed by atoms with E-state index in [1.807, 2.05) is 13.8 Å². The largest absolute Gasteiger partial charge is 0.493 e. The van der Waals surface area contributed by atoms with Gasteiger partial charge in [-0.1, -0.05) is 27.7 Å². The molecule has 36 heavy (non-hydrogen) atoms. The molecule has 0 aliphatic heterocycles. The number of hydrogen-bond donors (Lipinski definition) is 1. The van der Waals surface area contributed by atoms with Crippen molar-refractivity contribution in [1.82, 2.24) is 0 Å². The molecule has 0 aliphatic carbocycles. The second-order valence-electron chi connectivity index (χ2n) is 10.1. The van der Waals surface area contributed by atoms with Crippen molar-refractivity contribution in [3.63, 3.8) is 0 Å². The molecule has 0 fully saturated rings. The molecule has 0 radical (unpaired) electrons. The van der Waals surface area contributed by atoms with E-state index in [2.05, 4.69) is 13.8 Å². The van der Waals surface area contributed by atoms with E-state index in [0.717, 1.165) is 25.0 Å². The second kappa shape index (κ2) is 11.6. The number of hydrogen-bond acceptors (Lipinski definition) is 8. The molecule has 0 aromatic heterocycles. The third kappa shape index (κ3) is 8.03. The van der Waals surface area contributed by atoms with Crippen molar-refractivity contribution in [3.05, 3.63) is 67.8 Å². The maximum Gasteiger partial charge on any atom is 0.342 e. The number of nitro groups is 2. The summed E-state index contributed by atoms with van der Waals surface area (Å²) in [5.41, 5.74) is -1.62. The van der Waals surface area contributed by atoms with E-state index in [4.69, 9.17) is 14.6 Å². The molecule has 0 bridgehead atoms. The van der Waals surface area contributed by atoms with Crippen molar-refractivity contribution in [2.45, 2.75) is 47.0 Å². The third-order valence-corrected chi connectivity index (χ3v) is 5.88. The van der Waals surface area contributed by atoms with Crippen LogP contribution in [0.3, 0.4) is 0 Å². The summed E-state index contributed by atoms with van der Waals surface area (Å²) in [6.07, 6.45) is 2.70. The number of carboxylic acid groups (broad SMARTS) is 1. The van der Waals surface area contributed by atoms with Crippen molar-refractivity contribution in [2.75, 3.05) is 13.2 Å². The van der Waals surface area contributed by atoms with E-state index in [0.29, 0.717) is 25.1 Å². The van der Waals surface area contributed by atoms with Crippen LogP contribution in [0.2, 0.25) is 0 Å². The Morgan fingerprint density at radius 1 is 0.889 bits per heavy atom. The molecular weight excluding hydrogens is 472 g/mol. The van der Waals surface area contributed by atoms with Crippen LogP contribution in [0.1, 0.15) is 67.7 Å². The monoisotopic (exact) mass is 502 g/mol. The molecular formula is C25H30N2O9. The predicted octanol–water partition coefficient (Wildman–Crippen LogP) is 5.69. The minimum Gasteiger partial charge on any atom is -0.493 e. The summed E-state index contributed by atoms with van der Waals surface area (Å²) in [5, 5.41) is 31.4. The van der Waals surface area contributed by atoms with Crippen LogP contribution < -0.4 is 9.47 Å². The molecule has 0 spiro atoms. The molecule has 0 aliphatic rings. The number of aromatic carboxylic acids is 1. The molecule has 11 heteroatoms. The van der Waals surface area contributed by atoms with Gasteiger partial charge >= 0.3 is 5.97 Å². The highest BCUT2D eigenvalue weighted by Crippen LogP contribution is 2.35. The first kappa shape index (κ1) is 28.2. The molecule has 0 heterocycles. The standard InChI is InChI=1S/C25H30N2O9/c1-24(2,11-12-35-18-6-5-17(15-28)21(13-18)26(31)32)9-10-25(3,4)16-36-19-7-8-20(23(29)30)22(14-19)27(33)34/h5-8,13-15H,9-12,16H2,1-4H3,(H,29,30). The van der Waals surface area contributed by atoms with Gasteiger partial charge in [-0.25, -0.2) is 4.79 Å². The number of carboxylic acids is 1. The molecule has 0 saturated heterocycles. The van der Waals surface area contributed by atoms with E-state index in [1.54, 1.807) is 0 Å². The van der Waals surface area contributed by atoms with Crippen LogP contribution in [0.4, 0.5) is 11.4 Å². The summed E-state index contributed by atoms with van der Waals surface area (Å²) in [7, 11) is 0. The van der Waals surface area contributed by atoms with Gasteiger partial charge in [0.2, 0.25) is 0 Å². The fraction of sp³-hybridized carbons (Fsp3) is 0.440. The zero-order valence-corrected chi connectivity index (χ0v) is 20.7. The number of carbonyl (C=O) groups is 2. The smallest absolute Gasteiger partial charge is 0.342 e. The highest BCUT2D eigenvalue weighted by molar-refractivity contribution is 5.92. The maximum absolute atomic E-state index is 11.2.